The second kappa shape index (κ2) is 7.27. The van der Waals surface area contributed by atoms with Crippen molar-refractivity contribution in [3.63, 3.8) is 0 Å². The van der Waals surface area contributed by atoms with Crippen molar-refractivity contribution in [3.8, 4) is 11.1 Å². The highest BCUT2D eigenvalue weighted by atomic mass is 16.5. The molecule has 5 heteroatoms. The zero-order valence-corrected chi connectivity index (χ0v) is 14.8. The lowest BCUT2D eigenvalue weighted by Crippen LogP contribution is -2.38. The van der Waals surface area contributed by atoms with Crippen LogP contribution in [-0.4, -0.2) is 29.8 Å². The van der Waals surface area contributed by atoms with Crippen LogP contribution >= 0.6 is 0 Å². The van der Waals surface area contributed by atoms with Crippen LogP contribution in [0, 0.1) is 5.92 Å². The number of fused-ring (bicyclic) bond motifs is 3. The molecule has 2 aliphatic rings. The van der Waals surface area contributed by atoms with Gasteiger partial charge in [-0.25, -0.2) is 4.79 Å². The van der Waals surface area contributed by atoms with Gasteiger partial charge in [0.25, 0.3) is 0 Å². The van der Waals surface area contributed by atoms with Crippen LogP contribution in [0.15, 0.2) is 60.7 Å². The van der Waals surface area contributed by atoms with Crippen LogP contribution in [0.2, 0.25) is 0 Å². The summed E-state index contributed by atoms with van der Waals surface area (Å²) >= 11 is 0. The van der Waals surface area contributed by atoms with Crippen LogP contribution in [-0.2, 0) is 9.53 Å². The number of carbonyl (C=O) groups is 2. The number of carboxylic acid groups (broad SMARTS) is 1. The molecular weight excluding hydrogens is 342 g/mol. The molecule has 2 aliphatic carbocycles. The second-order valence-corrected chi connectivity index (χ2v) is 7.01. The molecular formula is C22H21NO4. The van der Waals surface area contributed by atoms with Gasteiger partial charge in [-0.05, 0) is 35.1 Å². The Balaban J connectivity index is 1.42. The number of rotatable bonds is 4. The van der Waals surface area contributed by atoms with E-state index < -0.39 is 18.0 Å². The van der Waals surface area contributed by atoms with Gasteiger partial charge in [0, 0.05) is 5.92 Å². The minimum absolute atomic E-state index is 0.0109. The van der Waals surface area contributed by atoms with Gasteiger partial charge in [-0.3, -0.25) is 4.79 Å². The van der Waals surface area contributed by atoms with Crippen molar-refractivity contribution in [2.45, 2.75) is 24.8 Å². The lowest BCUT2D eigenvalue weighted by molar-refractivity contribution is -0.142. The number of hydrogen-bond donors (Lipinski definition) is 2. The fourth-order valence-electron chi connectivity index (χ4n) is 3.99. The third kappa shape index (κ3) is 3.45. The van der Waals surface area contributed by atoms with Gasteiger partial charge in [0.15, 0.2) is 0 Å². The molecule has 0 bridgehead atoms. The molecule has 0 radical (unpaired) electrons. The van der Waals surface area contributed by atoms with E-state index in [0.717, 1.165) is 11.1 Å². The SMILES string of the molecule is O=C(N[C@@H]1C=CCC(C(=O)O)C1)OCC1c2ccccc2-c2ccccc21. The highest BCUT2D eigenvalue weighted by molar-refractivity contribution is 5.79. The number of hydrogen-bond acceptors (Lipinski definition) is 3. The summed E-state index contributed by atoms with van der Waals surface area (Å²) in [5.74, 6) is -1.29. The van der Waals surface area contributed by atoms with Crippen molar-refractivity contribution in [2.75, 3.05) is 6.61 Å². The number of aliphatic carboxylic acids is 1. The van der Waals surface area contributed by atoms with Gasteiger partial charge in [0.1, 0.15) is 6.61 Å². The summed E-state index contributed by atoms with van der Waals surface area (Å²) in [6.45, 7) is 0.249. The topological polar surface area (TPSA) is 75.6 Å². The summed E-state index contributed by atoms with van der Waals surface area (Å²) in [4.78, 5) is 23.4. The molecule has 2 aromatic rings. The number of nitrogens with one attached hydrogen (secondary N) is 1. The van der Waals surface area contributed by atoms with E-state index >= 15 is 0 Å². The van der Waals surface area contributed by atoms with Crippen molar-refractivity contribution in [1.29, 1.82) is 0 Å². The summed E-state index contributed by atoms with van der Waals surface area (Å²) in [5, 5.41) is 11.9. The molecule has 2 N–H and O–H groups in total. The van der Waals surface area contributed by atoms with E-state index in [0.29, 0.717) is 12.8 Å². The van der Waals surface area contributed by atoms with Gasteiger partial charge in [-0.15, -0.1) is 0 Å². The van der Waals surface area contributed by atoms with Gasteiger partial charge in [0.2, 0.25) is 0 Å². The van der Waals surface area contributed by atoms with E-state index in [1.807, 2.05) is 30.3 Å². The lowest BCUT2D eigenvalue weighted by atomic mass is 9.91. The Morgan fingerprint density at radius 1 is 1.04 bits per heavy atom. The van der Waals surface area contributed by atoms with Crippen molar-refractivity contribution >= 4 is 12.1 Å². The maximum Gasteiger partial charge on any atom is 0.407 e. The number of amides is 1. The summed E-state index contributed by atoms with van der Waals surface area (Å²) in [7, 11) is 0. The predicted octanol–water partition coefficient (Wildman–Crippen LogP) is 3.94. The highest BCUT2D eigenvalue weighted by Gasteiger charge is 2.30. The summed E-state index contributed by atoms with van der Waals surface area (Å²) in [5.41, 5.74) is 4.69. The number of carbonyl (C=O) groups excluding carboxylic acids is 1. The highest BCUT2D eigenvalue weighted by Crippen LogP contribution is 2.44. The normalized spacial score (nSPS) is 20.6. The average Bonchev–Trinajstić information content (AvgIpc) is 3.00. The number of alkyl carbamates (subject to hydrolysis) is 1. The van der Waals surface area contributed by atoms with Gasteiger partial charge in [-0.1, -0.05) is 60.7 Å². The second-order valence-electron chi connectivity index (χ2n) is 7.01. The Bertz CT molecular complexity index is 859. The van der Waals surface area contributed by atoms with Gasteiger partial charge in [-0.2, -0.15) is 0 Å². The predicted molar refractivity (Wildman–Crippen MR) is 101 cm³/mol. The Hall–Kier alpha value is -3.08. The molecule has 0 fully saturated rings. The summed E-state index contributed by atoms with van der Waals surface area (Å²) in [6, 6.07) is 16.0. The van der Waals surface area contributed by atoms with E-state index in [1.54, 1.807) is 6.08 Å². The Morgan fingerprint density at radius 2 is 1.67 bits per heavy atom. The number of allylic oxidation sites excluding steroid dienone is 1. The number of carboxylic acids is 1. The summed E-state index contributed by atoms with van der Waals surface area (Å²) in [6.07, 6.45) is 4.00. The van der Waals surface area contributed by atoms with Crippen LogP contribution in [0.4, 0.5) is 4.79 Å². The molecule has 0 saturated heterocycles. The molecule has 27 heavy (non-hydrogen) atoms. The molecule has 5 nitrogen and oxygen atoms in total. The fraction of sp³-hybridized carbons (Fsp3) is 0.273. The molecule has 0 saturated carbocycles. The van der Waals surface area contributed by atoms with Crippen molar-refractivity contribution < 1.29 is 19.4 Å². The van der Waals surface area contributed by atoms with E-state index in [9.17, 15) is 9.59 Å². The molecule has 4 rings (SSSR count). The van der Waals surface area contributed by atoms with Crippen LogP contribution < -0.4 is 5.32 Å². The lowest BCUT2D eigenvalue weighted by Gasteiger charge is -2.23. The molecule has 0 spiro atoms. The quantitative estimate of drug-likeness (QED) is 0.807. The van der Waals surface area contributed by atoms with Crippen molar-refractivity contribution in [2.24, 2.45) is 5.92 Å². The zero-order valence-electron chi connectivity index (χ0n) is 14.8. The largest absolute Gasteiger partial charge is 0.481 e. The molecule has 0 aliphatic heterocycles. The van der Waals surface area contributed by atoms with Crippen LogP contribution in [0.5, 0.6) is 0 Å². The molecule has 0 heterocycles. The van der Waals surface area contributed by atoms with Gasteiger partial charge >= 0.3 is 12.1 Å². The number of benzene rings is 2. The molecule has 1 amide bonds. The molecule has 2 aromatic carbocycles. The van der Waals surface area contributed by atoms with Crippen molar-refractivity contribution in [1.82, 2.24) is 5.32 Å². The monoisotopic (exact) mass is 363 g/mol. The first-order valence-electron chi connectivity index (χ1n) is 9.14. The standard InChI is InChI=1S/C22H21NO4/c24-21(25)14-6-5-7-15(12-14)23-22(26)27-13-20-18-10-3-1-8-16(18)17-9-2-4-11-19(17)20/h1-5,7-11,14-15,20H,6,12-13H2,(H,23,26)(H,24,25)/t14?,15-/m1/s1. The first-order chi connectivity index (χ1) is 13.1. The van der Waals surface area contributed by atoms with Gasteiger partial charge in [0.05, 0.1) is 12.0 Å². The fourth-order valence-corrected chi connectivity index (χ4v) is 3.99. The van der Waals surface area contributed by atoms with E-state index in [4.69, 9.17) is 9.84 Å². The van der Waals surface area contributed by atoms with Crippen molar-refractivity contribution in [3.05, 3.63) is 71.8 Å². The first kappa shape index (κ1) is 17.3. The zero-order chi connectivity index (χ0) is 18.8. The van der Waals surface area contributed by atoms with Crippen LogP contribution in [0.3, 0.4) is 0 Å². The third-order valence-electron chi connectivity index (χ3n) is 5.32. The average molecular weight is 363 g/mol. The summed E-state index contributed by atoms with van der Waals surface area (Å²) < 4.78 is 5.51. The van der Waals surface area contributed by atoms with E-state index in [-0.39, 0.29) is 18.6 Å². The molecule has 0 aromatic heterocycles. The smallest absolute Gasteiger partial charge is 0.407 e. The van der Waals surface area contributed by atoms with Gasteiger partial charge < -0.3 is 15.2 Å². The molecule has 1 unspecified atom stereocenters. The Labute approximate surface area is 157 Å². The van der Waals surface area contributed by atoms with E-state index in [1.165, 1.54) is 11.1 Å². The van der Waals surface area contributed by atoms with Crippen LogP contribution in [0.25, 0.3) is 11.1 Å². The Kier molecular flexibility index (Phi) is 4.67. The first-order valence-corrected chi connectivity index (χ1v) is 9.14. The minimum atomic E-state index is -0.835. The third-order valence-corrected chi connectivity index (χ3v) is 5.32. The molecule has 2 atom stereocenters. The minimum Gasteiger partial charge on any atom is -0.481 e. The van der Waals surface area contributed by atoms with E-state index in [2.05, 4.69) is 29.6 Å². The number of ether oxygens (including phenoxy) is 1. The van der Waals surface area contributed by atoms with Crippen LogP contribution in [0.1, 0.15) is 29.9 Å². The maximum atomic E-state index is 12.3. The maximum absolute atomic E-state index is 12.3. The Morgan fingerprint density at radius 3 is 2.30 bits per heavy atom. The molecule has 138 valence electrons.